The number of H-pyrrole nitrogens is 1. The number of rotatable bonds is 3. The number of tetrazole rings is 1. The fourth-order valence-electron chi connectivity index (χ4n) is 1.78. The summed E-state index contributed by atoms with van der Waals surface area (Å²) in [6.07, 6.45) is 1.72. The minimum absolute atomic E-state index is 0.490. The minimum Gasteiger partial charge on any atom is -0.397 e. The van der Waals surface area contributed by atoms with Gasteiger partial charge in [-0.2, -0.15) is 5.21 Å². The van der Waals surface area contributed by atoms with Crippen LogP contribution in [0.1, 0.15) is 5.82 Å². The summed E-state index contributed by atoms with van der Waals surface area (Å²) in [5, 5.41) is 17.9. The van der Waals surface area contributed by atoms with Crippen molar-refractivity contribution in [2.24, 2.45) is 0 Å². The zero-order chi connectivity index (χ0) is 12.4. The van der Waals surface area contributed by atoms with Crippen LogP contribution in [-0.2, 0) is 6.54 Å². The number of nitrogens with zero attached hydrogens (tertiary/aromatic N) is 4. The summed E-state index contributed by atoms with van der Waals surface area (Å²) in [4.78, 5) is 4.27. The lowest BCUT2D eigenvalue weighted by molar-refractivity contribution is 0.881. The Morgan fingerprint density at radius 1 is 1.28 bits per heavy atom. The maximum atomic E-state index is 5.89. The molecule has 0 amide bonds. The van der Waals surface area contributed by atoms with Gasteiger partial charge in [0.15, 0.2) is 5.82 Å². The average molecular weight is 241 g/mol. The molecule has 3 rings (SSSR count). The van der Waals surface area contributed by atoms with E-state index in [4.69, 9.17) is 5.73 Å². The van der Waals surface area contributed by atoms with Gasteiger partial charge in [-0.25, -0.2) is 0 Å². The zero-order valence-corrected chi connectivity index (χ0v) is 9.46. The van der Waals surface area contributed by atoms with E-state index in [1.165, 1.54) is 0 Å². The van der Waals surface area contributed by atoms with Gasteiger partial charge in [0, 0.05) is 17.3 Å². The maximum absolute atomic E-state index is 5.89. The van der Waals surface area contributed by atoms with Crippen molar-refractivity contribution >= 4 is 22.3 Å². The topological polar surface area (TPSA) is 105 Å². The molecule has 0 bridgehead atoms. The minimum atomic E-state index is 0.490. The van der Waals surface area contributed by atoms with Crippen LogP contribution in [0, 0.1) is 0 Å². The lowest BCUT2D eigenvalue weighted by atomic mass is 10.1. The third-order valence-electron chi connectivity index (χ3n) is 2.63. The molecule has 7 heteroatoms. The third kappa shape index (κ3) is 1.81. The lowest BCUT2D eigenvalue weighted by Crippen LogP contribution is -2.03. The van der Waals surface area contributed by atoms with Crippen LogP contribution in [0.2, 0.25) is 0 Å². The highest BCUT2D eigenvalue weighted by molar-refractivity contribution is 5.98. The van der Waals surface area contributed by atoms with Gasteiger partial charge in [0.05, 0.1) is 17.7 Å². The van der Waals surface area contributed by atoms with Crippen LogP contribution >= 0.6 is 0 Å². The largest absolute Gasteiger partial charge is 0.397 e. The van der Waals surface area contributed by atoms with Crippen LogP contribution in [0.3, 0.4) is 0 Å². The SMILES string of the molecule is Nc1ccc(NCc2nn[nH]n2)c2cccnc12. The predicted octanol–water partition coefficient (Wildman–Crippen LogP) is 0.942. The number of pyridine rings is 1. The van der Waals surface area contributed by atoms with E-state index in [-0.39, 0.29) is 0 Å². The number of aromatic amines is 1. The van der Waals surface area contributed by atoms with Gasteiger partial charge >= 0.3 is 0 Å². The Hall–Kier alpha value is -2.70. The molecule has 2 aromatic heterocycles. The van der Waals surface area contributed by atoms with Crippen molar-refractivity contribution in [3.8, 4) is 0 Å². The van der Waals surface area contributed by atoms with Gasteiger partial charge in [-0.05, 0) is 24.3 Å². The van der Waals surface area contributed by atoms with E-state index in [1.54, 1.807) is 6.20 Å². The molecular formula is C11H11N7. The van der Waals surface area contributed by atoms with Gasteiger partial charge in [0.1, 0.15) is 0 Å². The molecule has 18 heavy (non-hydrogen) atoms. The second-order valence-electron chi connectivity index (χ2n) is 3.78. The van der Waals surface area contributed by atoms with E-state index in [9.17, 15) is 0 Å². The fourth-order valence-corrected chi connectivity index (χ4v) is 1.78. The Kier molecular flexibility index (Phi) is 2.49. The molecule has 4 N–H and O–H groups in total. The van der Waals surface area contributed by atoms with E-state index in [0.717, 1.165) is 16.6 Å². The summed E-state index contributed by atoms with van der Waals surface area (Å²) in [7, 11) is 0. The maximum Gasteiger partial charge on any atom is 0.193 e. The van der Waals surface area contributed by atoms with Crippen LogP contribution in [0.25, 0.3) is 10.9 Å². The standard InChI is InChI=1S/C11H11N7/c12-8-3-4-9(7-2-1-5-13-11(7)8)14-6-10-15-17-18-16-10/h1-5,14H,6,12H2,(H,15,16,17,18). The predicted molar refractivity (Wildman–Crippen MR) is 67.7 cm³/mol. The smallest absolute Gasteiger partial charge is 0.193 e. The summed E-state index contributed by atoms with van der Waals surface area (Å²) in [6, 6.07) is 7.59. The molecular weight excluding hydrogens is 230 g/mol. The third-order valence-corrected chi connectivity index (χ3v) is 2.63. The van der Waals surface area contributed by atoms with E-state index in [0.29, 0.717) is 18.1 Å². The molecule has 1 aromatic carbocycles. The normalized spacial score (nSPS) is 10.7. The number of nitrogens with one attached hydrogen (secondary N) is 2. The van der Waals surface area contributed by atoms with Crippen molar-refractivity contribution in [2.75, 3.05) is 11.1 Å². The van der Waals surface area contributed by atoms with Crippen molar-refractivity contribution in [2.45, 2.75) is 6.54 Å². The first-order chi connectivity index (χ1) is 8.84. The van der Waals surface area contributed by atoms with Gasteiger partial charge in [0.2, 0.25) is 0 Å². The molecule has 7 nitrogen and oxygen atoms in total. The molecule has 3 aromatic rings. The average Bonchev–Trinajstić information content (AvgIpc) is 2.92. The molecule has 0 aliphatic carbocycles. The van der Waals surface area contributed by atoms with E-state index in [1.807, 2.05) is 24.3 Å². The first-order valence-electron chi connectivity index (χ1n) is 5.44. The van der Waals surface area contributed by atoms with Crippen LogP contribution in [0.5, 0.6) is 0 Å². The number of hydrogen-bond acceptors (Lipinski definition) is 6. The summed E-state index contributed by atoms with van der Waals surface area (Å²) >= 11 is 0. The van der Waals surface area contributed by atoms with Crippen LogP contribution in [0.4, 0.5) is 11.4 Å². The number of nitrogen functional groups attached to an aromatic ring is 1. The molecule has 0 fully saturated rings. The Labute approximate surface area is 102 Å². The molecule has 0 radical (unpaired) electrons. The Morgan fingerprint density at radius 2 is 2.22 bits per heavy atom. The van der Waals surface area contributed by atoms with Gasteiger partial charge in [-0.3, -0.25) is 4.98 Å². The van der Waals surface area contributed by atoms with Crippen molar-refractivity contribution in [3.05, 3.63) is 36.3 Å². The highest BCUT2D eigenvalue weighted by Gasteiger charge is 2.05. The van der Waals surface area contributed by atoms with Gasteiger partial charge in [-0.15, -0.1) is 10.2 Å². The lowest BCUT2D eigenvalue weighted by Gasteiger charge is -2.09. The van der Waals surface area contributed by atoms with Crippen molar-refractivity contribution in [3.63, 3.8) is 0 Å². The molecule has 0 aliphatic heterocycles. The van der Waals surface area contributed by atoms with E-state index < -0.39 is 0 Å². The Balaban J connectivity index is 1.94. The summed E-state index contributed by atoms with van der Waals surface area (Å²) < 4.78 is 0. The van der Waals surface area contributed by atoms with E-state index >= 15 is 0 Å². The fraction of sp³-hybridized carbons (Fsp3) is 0.0909. The first-order valence-corrected chi connectivity index (χ1v) is 5.44. The van der Waals surface area contributed by atoms with Crippen molar-refractivity contribution in [1.29, 1.82) is 0 Å². The monoisotopic (exact) mass is 241 g/mol. The number of benzene rings is 1. The number of aromatic nitrogens is 5. The molecule has 0 saturated carbocycles. The second-order valence-corrected chi connectivity index (χ2v) is 3.78. The quantitative estimate of drug-likeness (QED) is 0.589. The summed E-state index contributed by atoms with van der Waals surface area (Å²) in [5.41, 5.74) is 8.28. The number of hydrogen-bond donors (Lipinski definition) is 3. The molecule has 0 spiro atoms. The highest BCUT2D eigenvalue weighted by atomic mass is 15.5. The number of fused-ring (bicyclic) bond motifs is 1. The second kappa shape index (κ2) is 4.28. The summed E-state index contributed by atoms with van der Waals surface area (Å²) in [5.74, 6) is 0.601. The molecule has 0 aliphatic rings. The molecule has 0 atom stereocenters. The van der Waals surface area contributed by atoms with Crippen LogP contribution < -0.4 is 11.1 Å². The van der Waals surface area contributed by atoms with Crippen LogP contribution in [-0.4, -0.2) is 25.6 Å². The first kappa shape index (κ1) is 10.5. The molecule has 90 valence electrons. The molecule has 2 heterocycles. The van der Waals surface area contributed by atoms with Gasteiger partial charge in [0.25, 0.3) is 0 Å². The highest BCUT2D eigenvalue weighted by Crippen LogP contribution is 2.26. The zero-order valence-electron chi connectivity index (χ0n) is 9.46. The molecule has 0 saturated heterocycles. The molecule has 0 unspecified atom stereocenters. The number of nitrogens with two attached hydrogens (primary N) is 1. The van der Waals surface area contributed by atoms with Crippen molar-refractivity contribution < 1.29 is 0 Å². The number of anilines is 2. The van der Waals surface area contributed by atoms with Crippen molar-refractivity contribution in [1.82, 2.24) is 25.6 Å². The Morgan fingerprint density at radius 3 is 3.06 bits per heavy atom. The Bertz CT molecular complexity index is 662. The van der Waals surface area contributed by atoms with E-state index in [2.05, 4.69) is 30.9 Å². The summed E-state index contributed by atoms with van der Waals surface area (Å²) in [6.45, 7) is 0.490. The van der Waals surface area contributed by atoms with Gasteiger partial charge < -0.3 is 11.1 Å². The van der Waals surface area contributed by atoms with Gasteiger partial charge in [-0.1, -0.05) is 5.21 Å². The van der Waals surface area contributed by atoms with Crippen LogP contribution in [0.15, 0.2) is 30.5 Å².